The minimum atomic E-state index is -1.38. The van der Waals surface area contributed by atoms with E-state index in [9.17, 15) is 14.7 Å². The molecular formula is C6H7O4-. The first-order valence-electron chi connectivity index (χ1n) is 3.08. The Bertz CT molecular complexity index is 159. The highest BCUT2D eigenvalue weighted by atomic mass is 16.5. The average molecular weight is 143 g/mol. The fourth-order valence-corrected chi connectivity index (χ4v) is 0.531. The van der Waals surface area contributed by atoms with Crippen molar-refractivity contribution >= 4 is 11.9 Å². The number of carboxylic acids is 1. The zero-order valence-corrected chi connectivity index (χ0v) is 5.33. The van der Waals surface area contributed by atoms with Crippen LogP contribution in [0.3, 0.4) is 0 Å². The van der Waals surface area contributed by atoms with Crippen LogP contribution in [0.2, 0.25) is 0 Å². The molecule has 1 aliphatic rings. The SMILES string of the molecule is O=C([O-])CC(=O)OC1CC1. The van der Waals surface area contributed by atoms with Crippen LogP contribution in [0.15, 0.2) is 0 Å². The summed E-state index contributed by atoms with van der Waals surface area (Å²) in [6.45, 7) is 0. The zero-order chi connectivity index (χ0) is 7.56. The fraction of sp³-hybridized carbons (Fsp3) is 0.667. The molecule has 56 valence electrons. The number of esters is 1. The number of hydrogen-bond acceptors (Lipinski definition) is 4. The van der Waals surface area contributed by atoms with E-state index in [2.05, 4.69) is 4.74 Å². The monoisotopic (exact) mass is 143 g/mol. The second-order valence-electron chi connectivity index (χ2n) is 2.24. The summed E-state index contributed by atoms with van der Waals surface area (Å²) in [6, 6.07) is 0. The standard InChI is InChI=1S/C6H8O4/c7-5(8)3-6(9)10-4-1-2-4/h4H,1-3H2,(H,7,8)/p-1. The first kappa shape index (κ1) is 7.05. The lowest BCUT2D eigenvalue weighted by Gasteiger charge is -2.01. The highest BCUT2D eigenvalue weighted by Crippen LogP contribution is 2.23. The second kappa shape index (κ2) is 2.68. The smallest absolute Gasteiger partial charge is 0.311 e. The fourth-order valence-electron chi connectivity index (χ4n) is 0.531. The number of carbonyl (C=O) groups excluding carboxylic acids is 2. The third-order valence-corrected chi connectivity index (χ3v) is 1.11. The van der Waals surface area contributed by atoms with Crippen LogP contribution < -0.4 is 5.11 Å². The van der Waals surface area contributed by atoms with Crippen LogP contribution in [0, 0.1) is 0 Å². The Morgan fingerprint density at radius 2 is 2.10 bits per heavy atom. The molecule has 4 nitrogen and oxygen atoms in total. The van der Waals surface area contributed by atoms with Crippen LogP contribution in [0.25, 0.3) is 0 Å². The molecule has 0 bridgehead atoms. The number of carbonyl (C=O) groups is 2. The van der Waals surface area contributed by atoms with Gasteiger partial charge in [0.1, 0.15) is 6.10 Å². The van der Waals surface area contributed by atoms with Crippen molar-refractivity contribution in [1.29, 1.82) is 0 Å². The summed E-state index contributed by atoms with van der Waals surface area (Å²) in [7, 11) is 0. The summed E-state index contributed by atoms with van der Waals surface area (Å²) in [5.74, 6) is -2.08. The Morgan fingerprint density at radius 1 is 1.50 bits per heavy atom. The highest BCUT2D eigenvalue weighted by Gasteiger charge is 2.25. The molecule has 4 heteroatoms. The van der Waals surface area contributed by atoms with E-state index in [0.29, 0.717) is 0 Å². The van der Waals surface area contributed by atoms with Gasteiger partial charge in [-0.1, -0.05) is 0 Å². The summed E-state index contributed by atoms with van der Waals surface area (Å²) >= 11 is 0. The van der Waals surface area contributed by atoms with Crippen molar-refractivity contribution in [2.75, 3.05) is 0 Å². The Labute approximate surface area is 57.8 Å². The van der Waals surface area contributed by atoms with Crippen molar-refractivity contribution < 1.29 is 19.4 Å². The molecule has 10 heavy (non-hydrogen) atoms. The Morgan fingerprint density at radius 3 is 2.50 bits per heavy atom. The van der Waals surface area contributed by atoms with E-state index in [-0.39, 0.29) is 6.10 Å². The molecule has 0 spiro atoms. The van der Waals surface area contributed by atoms with Crippen LogP contribution in [-0.4, -0.2) is 18.0 Å². The lowest BCUT2D eigenvalue weighted by molar-refractivity contribution is -0.305. The largest absolute Gasteiger partial charge is 0.550 e. The third-order valence-electron chi connectivity index (χ3n) is 1.11. The molecule has 0 aromatic rings. The molecule has 0 aromatic carbocycles. The molecule has 1 saturated carbocycles. The van der Waals surface area contributed by atoms with Gasteiger partial charge in [0.05, 0.1) is 12.4 Å². The van der Waals surface area contributed by atoms with E-state index < -0.39 is 18.4 Å². The van der Waals surface area contributed by atoms with E-state index in [1.165, 1.54) is 0 Å². The minimum absolute atomic E-state index is 0.0214. The summed E-state index contributed by atoms with van der Waals surface area (Å²) < 4.78 is 4.61. The van der Waals surface area contributed by atoms with E-state index in [1.54, 1.807) is 0 Å². The van der Waals surface area contributed by atoms with Crippen molar-refractivity contribution in [3.8, 4) is 0 Å². The molecule has 0 amide bonds. The van der Waals surface area contributed by atoms with Gasteiger partial charge in [0.15, 0.2) is 0 Å². The van der Waals surface area contributed by atoms with Gasteiger partial charge in [-0.05, 0) is 12.8 Å². The maximum atomic E-state index is 10.5. The number of rotatable bonds is 3. The molecule has 0 saturated heterocycles. The molecule has 1 fully saturated rings. The number of carboxylic acid groups (broad SMARTS) is 1. The van der Waals surface area contributed by atoms with Gasteiger partial charge in [0.25, 0.3) is 0 Å². The quantitative estimate of drug-likeness (QED) is 0.369. The molecule has 0 heterocycles. The predicted octanol–water partition coefficient (Wildman–Crippen LogP) is -1.17. The highest BCUT2D eigenvalue weighted by molar-refractivity contribution is 5.89. The van der Waals surface area contributed by atoms with Crippen LogP contribution in [0.1, 0.15) is 19.3 Å². The number of aliphatic carboxylic acids is 1. The second-order valence-corrected chi connectivity index (χ2v) is 2.24. The van der Waals surface area contributed by atoms with Crippen LogP contribution >= 0.6 is 0 Å². The van der Waals surface area contributed by atoms with Gasteiger partial charge < -0.3 is 14.6 Å². The maximum absolute atomic E-state index is 10.5. The van der Waals surface area contributed by atoms with Crippen LogP contribution in [-0.2, 0) is 14.3 Å². The van der Waals surface area contributed by atoms with Crippen LogP contribution in [0.4, 0.5) is 0 Å². The van der Waals surface area contributed by atoms with Gasteiger partial charge in [0.2, 0.25) is 0 Å². The van der Waals surface area contributed by atoms with Crippen molar-refractivity contribution in [3.05, 3.63) is 0 Å². The van der Waals surface area contributed by atoms with E-state index in [1.807, 2.05) is 0 Å². The maximum Gasteiger partial charge on any atom is 0.311 e. The summed E-state index contributed by atoms with van der Waals surface area (Å²) in [5, 5.41) is 9.80. The first-order valence-corrected chi connectivity index (χ1v) is 3.08. The van der Waals surface area contributed by atoms with Crippen molar-refractivity contribution in [2.45, 2.75) is 25.4 Å². The lowest BCUT2D eigenvalue weighted by Crippen LogP contribution is -2.26. The van der Waals surface area contributed by atoms with E-state index in [4.69, 9.17) is 0 Å². The normalized spacial score (nSPS) is 16.4. The first-order chi connectivity index (χ1) is 4.68. The van der Waals surface area contributed by atoms with E-state index in [0.717, 1.165) is 12.8 Å². The molecule has 0 N–H and O–H groups in total. The predicted molar refractivity (Wildman–Crippen MR) is 28.7 cm³/mol. The van der Waals surface area contributed by atoms with Gasteiger partial charge in [-0.15, -0.1) is 0 Å². The van der Waals surface area contributed by atoms with Gasteiger partial charge >= 0.3 is 5.97 Å². The Hall–Kier alpha value is -1.06. The molecule has 0 unspecified atom stereocenters. The Balaban J connectivity index is 2.14. The van der Waals surface area contributed by atoms with Crippen molar-refractivity contribution in [2.24, 2.45) is 0 Å². The Kier molecular flexibility index (Phi) is 1.89. The van der Waals surface area contributed by atoms with Gasteiger partial charge in [0, 0.05) is 0 Å². The third kappa shape index (κ3) is 2.48. The number of hydrogen-bond donors (Lipinski definition) is 0. The minimum Gasteiger partial charge on any atom is -0.550 e. The lowest BCUT2D eigenvalue weighted by atomic mass is 10.4. The summed E-state index contributed by atoms with van der Waals surface area (Å²) in [4.78, 5) is 20.3. The summed E-state index contributed by atoms with van der Waals surface area (Å²) in [5.41, 5.74) is 0. The molecule has 0 atom stereocenters. The molecule has 1 aliphatic carbocycles. The molecule has 0 radical (unpaired) electrons. The van der Waals surface area contributed by atoms with Gasteiger partial charge in [-0.25, -0.2) is 0 Å². The zero-order valence-electron chi connectivity index (χ0n) is 5.33. The molecule has 0 aliphatic heterocycles. The van der Waals surface area contributed by atoms with Gasteiger partial charge in [-0.2, -0.15) is 0 Å². The summed E-state index contributed by atoms with van der Waals surface area (Å²) in [6.07, 6.45) is 1.07. The molecular weight excluding hydrogens is 136 g/mol. The van der Waals surface area contributed by atoms with Crippen molar-refractivity contribution in [3.63, 3.8) is 0 Å². The topological polar surface area (TPSA) is 66.4 Å². The molecule has 0 aromatic heterocycles. The number of ether oxygens (including phenoxy) is 1. The van der Waals surface area contributed by atoms with Gasteiger partial charge in [-0.3, -0.25) is 4.79 Å². The molecule has 1 rings (SSSR count). The van der Waals surface area contributed by atoms with Crippen LogP contribution in [0.5, 0.6) is 0 Å². The van der Waals surface area contributed by atoms with Crippen molar-refractivity contribution in [1.82, 2.24) is 0 Å². The average Bonchev–Trinajstić information content (AvgIpc) is 2.46. The van der Waals surface area contributed by atoms with E-state index >= 15 is 0 Å².